The fourth-order valence-corrected chi connectivity index (χ4v) is 1.63. The van der Waals surface area contributed by atoms with Crippen molar-refractivity contribution in [3.63, 3.8) is 0 Å². The molecule has 1 rings (SSSR count). The highest BCUT2D eigenvalue weighted by Gasteiger charge is 2.11. The van der Waals surface area contributed by atoms with Crippen molar-refractivity contribution in [2.24, 2.45) is 0 Å². The van der Waals surface area contributed by atoms with Crippen molar-refractivity contribution in [3.05, 3.63) is 21.6 Å². The van der Waals surface area contributed by atoms with E-state index >= 15 is 0 Å². The third kappa shape index (κ3) is 3.97. The Morgan fingerprint density at radius 3 is 3.00 bits per heavy atom. The van der Waals surface area contributed by atoms with Crippen molar-refractivity contribution >= 4 is 17.3 Å². The van der Waals surface area contributed by atoms with E-state index in [-0.39, 0.29) is 23.2 Å². The molecule has 2 N–H and O–H groups in total. The van der Waals surface area contributed by atoms with Crippen LogP contribution in [0.2, 0.25) is 5.02 Å². The van der Waals surface area contributed by atoms with Crippen molar-refractivity contribution < 1.29 is 9.84 Å². The SMILES string of the molecule is COCCn1ncc(NC(C)CCO)c(Cl)c1=O. The molecular formula is C11H18ClN3O3. The van der Waals surface area contributed by atoms with Gasteiger partial charge in [-0.3, -0.25) is 4.79 Å². The number of aliphatic hydroxyl groups is 1. The number of nitrogens with one attached hydrogen (secondary N) is 1. The van der Waals surface area contributed by atoms with Crippen LogP contribution in [0, 0.1) is 0 Å². The number of nitrogens with zero attached hydrogens (tertiary/aromatic N) is 2. The number of aromatic nitrogens is 2. The van der Waals surface area contributed by atoms with Crippen molar-refractivity contribution in [3.8, 4) is 0 Å². The average Bonchev–Trinajstić information content (AvgIpc) is 2.34. The summed E-state index contributed by atoms with van der Waals surface area (Å²) in [6.45, 7) is 2.73. The molecule has 0 radical (unpaired) electrons. The Morgan fingerprint density at radius 2 is 2.39 bits per heavy atom. The summed E-state index contributed by atoms with van der Waals surface area (Å²) in [6.07, 6.45) is 2.08. The first-order chi connectivity index (χ1) is 8.60. The summed E-state index contributed by atoms with van der Waals surface area (Å²) < 4.78 is 6.14. The lowest BCUT2D eigenvalue weighted by Gasteiger charge is -2.15. The minimum atomic E-state index is -0.352. The van der Waals surface area contributed by atoms with Gasteiger partial charge in [-0.2, -0.15) is 5.10 Å². The van der Waals surface area contributed by atoms with E-state index in [0.717, 1.165) is 0 Å². The fraction of sp³-hybridized carbons (Fsp3) is 0.636. The molecule has 0 aliphatic heterocycles. The summed E-state index contributed by atoms with van der Waals surface area (Å²) >= 11 is 5.98. The Labute approximate surface area is 111 Å². The van der Waals surface area contributed by atoms with E-state index in [0.29, 0.717) is 25.3 Å². The second-order valence-corrected chi connectivity index (χ2v) is 4.33. The largest absolute Gasteiger partial charge is 0.396 e. The van der Waals surface area contributed by atoms with Crippen LogP contribution in [0.4, 0.5) is 5.69 Å². The quantitative estimate of drug-likeness (QED) is 0.767. The van der Waals surface area contributed by atoms with Gasteiger partial charge >= 0.3 is 0 Å². The van der Waals surface area contributed by atoms with Gasteiger partial charge < -0.3 is 15.2 Å². The van der Waals surface area contributed by atoms with Gasteiger partial charge in [0.15, 0.2) is 0 Å². The van der Waals surface area contributed by atoms with Crippen LogP contribution in [0.1, 0.15) is 13.3 Å². The number of hydrogen-bond acceptors (Lipinski definition) is 5. The Kier molecular flexibility index (Phi) is 6.11. The van der Waals surface area contributed by atoms with Crippen molar-refractivity contribution in [1.29, 1.82) is 0 Å². The summed E-state index contributed by atoms with van der Waals surface area (Å²) in [7, 11) is 1.55. The summed E-state index contributed by atoms with van der Waals surface area (Å²) in [5.74, 6) is 0. The molecular weight excluding hydrogens is 258 g/mol. The molecule has 1 unspecified atom stereocenters. The number of methoxy groups -OCH3 is 1. The predicted octanol–water partition coefficient (Wildman–Crippen LogP) is 0.726. The topological polar surface area (TPSA) is 76.4 Å². The van der Waals surface area contributed by atoms with Crippen LogP contribution in [0.3, 0.4) is 0 Å². The van der Waals surface area contributed by atoms with E-state index in [1.165, 1.54) is 10.9 Å². The molecule has 1 aromatic rings. The van der Waals surface area contributed by atoms with Gasteiger partial charge in [0.2, 0.25) is 0 Å². The lowest BCUT2D eigenvalue weighted by atomic mass is 10.2. The van der Waals surface area contributed by atoms with E-state index < -0.39 is 0 Å². The van der Waals surface area contributed by atoms with Gasteiger partial charge in [0.1, 0.15) is 5.02 Å². The summed E-state index contributed by atoms with van der Waals surface area (Å²) in [4.78, 5) is 11.9. The third-order valence-corrected chi connectivity index (χ3v) is 2.82. The first kappa shape index (κ1) is 14.9. The van der Waals surface area contributed by atoms with Crippen molar-refractivity contribution in [2.45, 2.75) is 25.9 Å². The maximum atomic E-state index is 11.9. The zero-order chi connectivity index (χ0) is 13.5. The zero-order valence-corrected chi connectivity index (χ0v) is 11.3. The average molecular weight is 276 g/mol. The molecule has 0 aliphatic rings. The lowest BCUT2D eigenvalue weighted by molar-refractivity contribution is 0.182. The van der Waals surface area contributed by atoms with Crippen LogP contribution in [0.25, 0.3) is 0 Å². The smallest absolute Gasteiger partial charge is 0.287 e. The summed E-state index contributed by atoms with van der Waals surface area (Å²) in [6, 6.07) is 0.0172. The van der Waals surface area contributed by atoms with E-state index in [1.807, 2.05) is 6.92 Å². The molecule has 1 heterocycles. The Balaban J connectivity index is 2.83. The maximum absolute atomic E-state index is 11.9. The van der Waals surface area contributed by atoms with E-state index in [1.54, 1.807) is 7.11 Å². The van der Waals surface area contributed by atoms with Crippen molar-refractivity contribution in [1.82, 2.24) is 9.78 Å². The van der Waals surface area contributed by atoms with E-state index in [4.69, 9.17) is 21.4 Å². The van der Waals surface area contributed by atoms with Crippen LogP contribution < -0.4 is 10.9 Å². The molecule has 102 valence electrons. The lowest BCUT2D eigenvalue weighted by Crippen LogP contribution is -2.27. The zero-order valence-electron chi connectivity index (χ0n) is 10.5. The maximum Gasteiger partial charge on any atom is 0.287 e. The molecule has 1 aromatic heterocycles. The van der Waals surface area contributed by atoms with E-state index in [9.17, 15) is 4.79 Å². The van der Waals surface area contributed by atoms with Crippen LogP contribution >= 0.6 is 11.6 Å². The van der Waals surface area contributed by atoms with Gasteiger partial charge in [0, 0.05) is 19.8 Å². The number of hydrogen-bond donors (Lipinski definition) is 2. The first-order valence-corrected chi connectivity index (χ1v) is 6.10. The minimum absolute atomic E-state index is 0.0172. The Hall–Kier alpha value is -1.11. The predicted molar refractivity (Wildman–Crippen MR) is 70.2 cm³/mol. The minimum Gasteiger partial charge on any atom is -0.396 e. The van der Waals surface area contributed by atoms with Gasteiger partial charge in [-0.1, -0.05) is 11.6 Å². The molecule has 1 atom stereocenters. The monoisotopic (exact) mass is 275 g/mol. The number of aliphatic hydroxyl groups excluding tert-OH is 1. The standard InChI is InChI=1S/C11H18ClN3O3/c1-8(3-5-16)14-9-7-13-15(4-6-18-2)11(17)10(9)12/h7-8,14,16H,3-6H2,1-2H3. The number of ether oxygens (including phenoxy) is 1. The van der Waals surface area contributed by atoms with Gasteiger partial charge in [0.25, 0.3) is 5.56 Å². The normalized spacial score (nSPS) is 12.4. The highest BCUT2D eigenvalue weighted by atomic mass is 35.5. The van der Waals surface area contributed by atoms with Crippen LogP contribution in [-0.4, -0.2) is 41.3 Å². The number of halogens is 1. The highest BCUT2D eigenvalue weighted by molar-refractivity contribution is 6.32. The van der Waals surface area contributed by atoms with Gasteiger partial charge in [-0.15, -0.1) is 0 Å². The molecule has 0 spiro atoms. The molecule has 0 aromatic carbocycles. The second kappa shape index (κ2) is 7.35. The molecule has 7 heteroatoms. The molecule has 0 saturated carbocycles. The molecule has 0 saturated heterocycles. The van der Waals surface area contributed by atoms with Crippen LogP contribution in [0.15, 0.2) is 11.0 Å². The fourth-order valence-electron chi connectivity index (χ4n) is 1.43. The first-order valence-electron chi connectivity index (χ1n) is 5.72. The second-order valence-electron chi connectivity index (χ2n) is 3.95. The Bertz CT molecular complexity index is 436. The summed E-state index contributed by atoms with van der Waals surface area (Å²) in [5.41, 5.74) is 0.131. The molecule has 0 amide bonds. The summed E-state index contributed by atoms with van der Waals surface area (Å²) in [5, 5.41) is 16.0. The van der Waals surface area contributed by atoms with E-state index in [2.05, 4.69) is 10.4 Å². The molecule has 0 fully saturated rings. The van der Waals surface area contributed by atoms with Gasteiger partial charge in [0.05, 0.1) is 25.0 Å². The van der Waals surface area contributed by atoms with Crippen LogP contribution in [0.5, 0.6) is 0 Å². The highest BCUT2D eigenvalue weighted by Crippen LogP contribution is 2.16. The third-order valence-electron chi connectivity index (χ3n) is 2.46. The molecule has 0 aliphatic carbocycles. The van der Waals surface area contributed by atoms with Crippen LogP contribution in [-0.2, 0) is 11.3 Å². The number of anilines is 1. The van der Waals surface area contributed by atoms with Gasteiger partial charge in [-0.05, 0) is 13.3 Å². The van der Waals surface area contributed by atoms with Crippen molar-refractivity contribution in [2.75, 3.05) is 25.6 Å². The molecule has 6 nitrogen and oxygen atoms in total. The number of rotatable bonds is 7. The van der Waals surface area contributed by atoms with Gasteiger partial charge in [-0.25, -0.2) is 4.68 Å². The molecule has 18 heavy (non-hydrogen) atoms. The molecule has 0 bridgehead atoms. The Morgan fingerprint density at radius 1 is 1.67 bits per heavy atom.